The van der Waals surface area contributed by atoms with Crippen molar-refractivity contribution in [3.63, 3.8) is 0 Å². The summed E-state index contributed by atoms with van der Waals surface area (Å²) in [4.78, 5) is 2.52. The molecule has 2 N–H and O–H groups in total. The molecule has 112 valence electrons. The number of rotatable bonds is 3. The number of likely N-dealkylation sites (tertiary alicyclic amines) is 1. The van der Waals surface area contributed by atoms with Gasteiger partial charge in [0.05, 0.1) is 0 Å². The molecule has 1 aliphatic heterocycles. The molecule has 0 amide bonds. The Morgan fingerprint density at radius 2 is 2.10 bits per heavy atom. The molecule has 0 radical (unpaired) electrons. The predicted molar refractivity (Wildman–Crippen MR) is 90.2 cm³/mol. The average Bonchev–Trinajstić information content (AvgIpc) is 2.56. The summed E-state index contributed by atoms with van der Waals surface area (Å²) >= 11 is 9.79. The van der Waals surface area contributed by atoms with Crippen LogP contribution in [0.2, 0.25) is 5.02 Å². The zero-order valence-electron chi connectivity index (χ0n) is 12.3. The highest BCUT2D eigenvalue weighted by Crippen LogP contribution is 2.35. The van der Waals surface area contributed by atoms with E-state index in [1.165, 1.54) is 24.8 Å². The Hall–Kier alpha value is -0.0900. The molecule has 2 nitrogen and oxygen atoms in total. The fourth-order valence-corrected chi connectivity index (χ4v) is 3.69. The standard InChI is InChI=1S/C16H24BrClN2/c1-16(2)6-3-8-20(9-7-16)15(11-19)13-10-12(18)4-5-14(13)17/h4-5,10,15H,3,6-9,11,19H2,1-2H3. The van der Waals surface area contributed by atoms with E-state index in [4.69, 9.17) is 17.3 Å². The maximum Gasteiger partial charge on any atom is 0.0482 e. The Morgan fingerprint density at radius 1 is 1.35 bits per heavy atom. The van der Waals surface area contributed by atoms with Crippen molar-refractivity contribution in [3.8, 4) is 0 Å². The van der Waals surface area contributed by atoms with Gasteiger partial charge in [-0.1, -0.05) is 41.4 Å². The number of hydrogen-bond acceptors (Lipinski definition) is 2. The lowest BCUT2D eigenvalue weighted by atomic mass is 9.85. The van der Waals surface area contributed by atoms with Crippen LogP contribution in [0.4, 0.5) is 0 Å². The second kappa shape index (κ2) is 6.78. The van der Waals surface area contributed by atoms with Crippen molar-refractivity contribution >= 4 is 27.5 Å². The zero-order chi connectivity index (χ0) is 14.8. The summed E-state index contributed by atoms with van der Waals surface area (Å²) in [5.74, 6) is 0. The summed E-state index contributed by atoms with van der Waals surface area (Å²) < 4.78 is 1.10. The molecule has 1 heterocycles. The van der Waals surface area contributed by atoms with Crippen molar-refractivity contribution < 1.29 is 0 Å². The van der Waals surface area contributed by atoms with Crippen molar-refractivity contribution in [1.82, 2.24) is 4.90 Å². The minimum Gasteiger partial charge on any atom is -0.329 e. The third-order valence-electron chi connectivity index (χ3n) is 4.36. The third kappa shape index (κ3) is 3.97. The van der Waals surface area contributed by atoms with Crippen molar-refractivity contribution in [3.05, 3.63) is 33.3 Å². The molecular formula is C16H24BrClN2. The van der Waals surface area contributed by atoms with Crippen molar-refractivity contribution in [2.75, 3.05) is 19.6 Å². The van der Waals surface area contributed by atoms with Gasteiger partial charge in [0, 0.05) is 22.1 Å². The van der Waals surface area contributed by atoms with Crippen LogP contribution < -0.4 is 5.73 Å². The first kappa shape index (κ1) is 16.3. The van der Waals surface area contributed by atoms with E-state index in [-0.39, 0.29) is 6.04 Å². The lowest BCUT2D eigenvalue weighted by Crippen LogP contribution is -2.35. The van der Waals surface area contributed by atoms with E-state index < -0.39 is 0 Å². The monoisotopic (exact) mass is 358 g/mol. The Morgan fingerprint density at radius 3 is 2.80 bits per heavy atom. The van der Waals surface area contributed by atoms with Gasteiger partial charge in [0.25, 0.3) is 0 Å². The van der Waals surface area contributed by atoms with Crippen LogP contribution in [0.1, 0.15) is 44.7 Å². The summed E-state index contributed by atoms with van der Waals surface area (Å²) in [6.45, 7) is 7.57. The van der Waals surface area contributed by atoms with Gasteiger partial charge in [-0.2, -0.15) is 0 Å². The molecule has 2 rings (SSSR count). The highest BCUT2D eigenvalue weighted by atomic mass is 79.9. The minimum absolute atomic E-state index is 0.247. The molecule has 0 bridgehead atoms. The molecule has 0 aliphatic carbocycles. The Labute approximate surface area is 135 Å². The van der Waals surface area contributed by atoms with E-state index in [1.807, 2.05) is 18.2 Å². The van der Waals surface area contributed by atoms with Crippen molar-refractivity contribution in [1.29, 1.82) is 0 Å². The first-order chi connectivity index (χ1) is 9.43. The van der Waals surface area contributed by atoms with Gasteiger partial charge in [-0.15, -0.1) is 0 Å². The maximum absolute atomic E-state index is 6.15. The molecule has 4 heteroatoms. The first-order valence-corrected chi connectivity index (χ1v) is 8.49. The second-order valence-electron chi connectivity index (χ2n) is 6.47. The Balaban J connectivity index is 2.21. The minimum atomic E-state index is 0.247. The fraction of sp³-hybridized carbons (Fsp3) is 0.625. The van der Waals surface area contributed by atoms with Crippen LogP contribution in [-0.2, 0) is 0 Å². The number of halogens is 2. The highest BCUT2D eigenvalue weighted by molar-refractivity contribution is 9.10. The van der Waals surface area contributed by atoms with Crippen LogP contribution in [0.25, 0.3) is 0 Å². The van der Waals surface area contributed by atoms with Gasteiger partial charge in [-0.25, -0.2) is 0 Å². The molecule has 1 aromatic rings. The van der Waals surface area contributed by atoms with Crippen LogP contribution in [0.15, 0.2) is 22.7 Å². The van der Waals surface area contributed by atoms with Gasteiger partial charge in [-0.3, -0.25) is 4.90 Å². The van der Waals surface area contributed by atoms with Crippen LogP contribution in [0.3, 0.4) is 0 Å². The molecule has 1 saturated heterocycles. The molecule has 1 atom stereocenters. The molecule has 0 spiro atoms. The lowest BCUT2D eigenvalue weighted by Gasteiger charge is -2.31. The second-order valence-corrected chi connectivity index (χ2v) is 7.76. The van der Waals surface area contributed by atoms with E-state index in [1.54, 1.807) is 0 Å². The normalized spacial score (nSPS) is 21.4. The van der Waals surface area contributed by atoms with Crippen LogP contribution in [0, 0.1) is 5.41 Å². The quantitative estimate of drug-likeness (QED) is 0.853. The van der Waals surface area contributed by atoms with Gasteiger partial charge >= 0.3 is 0 Å². The van der Waals surface area contributed by atoms with Gasteiger partial charge in [0.2, 0.25) is 0 Å². The zero-order valence-corrected chi connectivity index (χ0v) is 14.7. The van der Waals surface area contributed by atoms with Crippen molar-refractivity contribution in [2.24, 2.45) is 11.1 Å². The summed E-state index contributed by atoms with van der Waals surface area (Å²) in [5, 5.41) is 0.775. The molecule has 1 aromatic carbocycles. The van der Waals surface area contributed by atoms with Gasteiger partial charge in [0.15, 0.2) is 0 Å². The largest absolute Gasteiger partial charge is 0.329 e. The predicted octanol–water partition coefficient (Wildman–Crippen LogP) is 4.61. The smallest absolute Gasteiger partial charge is 0.0482 e. The fourth-order valence-electron chi connectivity index (χ4n) is 3.00. The number of hydrogen-bond donors (Lipinski definition) is 1. The van der Waals surface area contributed by atoms with Gasteiger partial charge in [-0.05, 0) is 61.5 Å². The molecule has 20 heavy (non-hydrogen) atoms. The molecule has 0 aromatic heterocycles. The first-order valence-electron chi connectivity index (χ1n) is 7.32. The summed E-state index contributed by atoms with van der Waals surface area (Å²) in [7, 11) is 0. The molecule has 1 unspecified atom stereocenters. The SMILES string of the molecule is CC1(C)CCCN(C(CN)c2cc(Cl)ccc2Br)CC1. The van der Waals surface area contributed by atoms with E-state index in [0.29, 0.717) is 12.0 Å². The van der Waals surface area contributed by atoms with E-state index in [9.17, 15) is 0 Å². The van der Waals surface area contributed by atoms with Crippen LogP contribution >= 0.6 is 27.5 Å². The number of benzene rings is 1. The van der Waals surface area contributed by atoms with Gasteiger partial charge in [0.1, 0.15) is 0 Å². The summed E-state index contributed by atoms with van der Waals surface area (Å²) in [6.07, 6.45) is 3.75. The van der Waals surface area contributed by atoms with Crippen LogP contribution in [-0.4, -0.2) is 24.5 Å². The van der Waals surface area contributed by atoms with Crippen LogP contribution in [0.5, 0.6) is 0 Å². The summed E-state index contributed by atoms with van der Waals surface area (Å²) in [6, 6.07) is 6.21. The molecule has 1 fully saturated rings. The van der Waals surface area contributed by atoms with Crippen molar-refractivity contribution in [2.45, 2.75) is 39.2 Å². The van der Waals surface area contributed by atoms with E-state index in [2.05, 4.69) is 34.7 Å². The Kier molecular flexibility index (Phi) is 5.52. The third-order valence-corrected chi connectivity index (χ3v) is 5.31. The number of nitrogens with zero attached hydrogens (tertiary/aromatic N) is 1. The number of nitrogens with two attached hydrogens (primary N) is 1. The maximum atomic E-state index is 6.15. The van der Waals surface area contributed by atoms with E-state index in [0.717, 1.165) is 22.6 Å². The lowest BCUT2D eigenvalue weighted by molar-refractivity contribution is 0.199. The molecular weight excluding hydrogens is 336 g/mol. The average molecular weight is 360 g/mol. The van der Waals surface area contributed by atoms with Gasteiger partial charge < -0.3 is 5.73 Å². The summed E-state index contributed by atoms with van der Waals surface area (Å²) in [5.41, 5.74) is 7.72. The topological polar surface area (TPSA) is 29.3 Å². The molecule has 0 saturated carbocycles. The highest BCUT2D eigenvalue weighted by Gasteiger charge is 2.28. The molecule has 1 aliphatic rings. The Bertz CT molecular complexity index is 462. The van der Waals surface area contributed by atoms with E-state index >= 15 is 0 Å².